The number of rotatable bonds is 3. The van der Waals surface area contributed by atoms with Crippen LogP contribution in [0.25, 0.3) is 10.9 Å². The van der Waals surface area contributed by atoms with Crippen molar-refractivity contribution in [2.75, 3.05) is 26.2 Å². The molecule has 0 atom stereocenters. The summed E-state index contributed by atoms with van der Waals surface area (Å²) in [6.45, 7) is 4.27. The molecule has 0 saturated carbocycles. The zero-order valence-corrected chi connectivity index (χ0v) is 15.0. The molecular formula is C20H23N5O. The maximum absolute atomic E-state index is 13.1. The van der Waals surface area contributed by atoms with Crippen molar-refractivity contribution in [2.24, 2.45) is 7.05 Å². The molecule has 26 heavy (non-hydrogen) atoms. The average Bonchev–Trinajstić information content (AvgIpc) is 2.93. The van der Waals surface area contributed by atoms with Crippen LogP contribution in [0.2, 0.25) is 0 Å². The van der Waals surface area contributed by atoms with Crippen molar-refractivity contribution in [1.29, 1.82) is 0 Å². The summed E-state index contributed by atoms with van der Waals surface area (Å²) >= 11 is 0. The molecule has 134 valence electrons. The molecule has 0 N–H and O–H groups in total. The lowest BCUT2D eigenvalue weighted by Gasteiger charge is -2.22. The second kappa shape index (κ2) is 7.25. The highest BCUT2D eigenvalue weighted by Crippen LogP contribution is 2.19. The van der Waals surface area contributed by atoms with Crippen LogP contribution in [-0.4, -0.2) is 56.7 Å². The third-order valence-electron chi connectivity index (χ3n) is 4.90. The number of aromatic nitrogens is 3. The van der Waals surface area contributed by atoms with Gasteiger partial charge in [-0.2, -0.15) is 5.10 Å². The Morgan fingerprint density at radius 3 is 2.85 bits per heavy atom. The summed E-state index contributed by atoms with van der Waals surface area (Å²) in [5.41, 5.74) is 2.70. The van der Waals surface area contributed by atoms with Crippen molar-refractivity contribution in [3.8, 4) is 0 Å². The van der Waals surface area contributed by atoms with E-state index in [9.17, 15) is 4.79 Å². The highest BCUT2D eigenvalue weighted by atomic mass is 16.2. The molecule has 1 aliphatic heterocycles. The first-order valence-electron chi connectivity index (χ1n) is 9.03. The second-order valence-electron chi connectivity index (χ2n) is 6.82. The second-order valence-corrected chi connectivity index (χ2v) is 6.82. The number of carbonyl (C=O) groups excluding carboxylic acids is 1. The van der Waals surface area contributed by atoms with E-state index in [1.165, 1.54) is 5.56 Å². The summed E-state index contributed by atoms with van der Waals surface area (Å²) in [5.74, 6) is 0.0810. The molecule has 1 saturated heterocycles. The van der Waals surface area contributed by atoms with Crippen molar-refractivity contribution in [1.82, 2.24) is 24.6 Å². The number of aryl methyl sites for hydroxylation is 1. The maximum Gasteiger partial charge on any atom is 0.256 e. The predicted molar refractivity (Wildman–Crippen MR) is 101 cm³/mol. The molecule has 1 amide bonds. The topological polar surface area (TPSA) is 54.3 Å². The Kier molecular flexibility index (Phi) is 4.67. The van der Waals surface area contributed by atoms with Crippen molar-refractivity contribution in [3.63, 3.8) is 0 Å². The van der Waals surface area contributed by atoms with Gasteiger partial charge in [0, 0.05) is 63.1 Å². The molecule has 0 spiro atoms. The fraction of sp³-hybridized carbons (Fsp3) is 0.350. The van der Waals surface area contributed by atoms with Crippen LogP contribution in [0.1, 0.15) is 22.3 Å². The van der Waals surface area contributed by atoms with E-state index in [0.717, 1.165) is 50.0 Å². The zero-order chi connectivity index (χ0) is 17.9. The molecule has 1 aliphatic rings. The normalized spacial score (nSPS) is 16.0. The number of hydrogen-bond donors (Lipinski definition) is 0. The van der Waals surface area contributed by atoms with Crippen molar-refractivity contribution in [3.05, 3.63) is 60.0 Å². The van der Waals surface area contributed by atoms with Crippen molar-refractivity contribution >= 4 is 16.8 Å². The molecule has 3 heterocycles. The minimum absolute atomic E-state index is 0.0810. The van der Waals surface area contributed by atoms with Gasteiger partial charge in [-0.1, -0.05) is 18.2 Å². The predicted octanol–water partition coefficient (Wildman–Crippen LogP) is 2.32. The molecular weight excluding hydrogens is 326 g/mol. The van der Waals surface area contributed by atoms with Gasteiger partial charge < -0.3 is 4.90 Å². The highest BCUT2D eigenvalue weighted by Gasteiger charge is 2.22. The zero-order valence-electron chi connectivity index (χ0n) is 15.0. The first-order valence-corrected chi connectivity index (χ1v) is 9.03. The van der Waals surface area contributed by atoms with Crippen LogP contribution >= 0.6 is 0 Å². The molecule has 3 aromatic rings. The molecule has 0 aliphatic carbocycles. The van der Waals surface area contributed by atoms with Crippen LogP contribution in [0, 0.1) is 0 Å². The van der Waals surface area contributed by atoms with Gasteiger partial charge in [-0.3, -0.25) is 19.4 Å². The Morgan fingerprint density at radius 1 is 1.12 bits per heavy atom. The third kappa shape index (κ3) is 3.46. The van der Waals surface area contributed by atoms with Crippen molar-refractivity contribution < 1.29 is 4.79 Å². The van der Waals surface area contributed by atoms with E-state index in [0.29, 0.717) is 5.56 Å². The smallest absolute Gasteiger partial charge is 0.256 e. The van der Waals surface area contributed by atoms with Gasteiger partial charge in [0.15, 0.2) is 0 Å². The summed E-state index contributed by atoms with van der Waals surface area (Å²) in [7, 11) is 1.94. The number of carbonyl (C=O) groups is 1. The van der Waals surface area contributed by atoms with Gasteiger partial charge in [0.05, 0.1) is 17.3 Å². The largest absolute Gasteiger partial charge is 0.337 e. The quantitative estimate of drug-likeness (QED) is 0.728. The number of amides is 1. The van der Waals surface area contributed by atoms with E-state index in [1.54, 1.807) is 6.20 Å². The van der Waals surface area contributed by atoms with Crippen LogP contribution in [-0.2, 0) is 13.6 Å². The van der Waals surface area contributed by atoms with Gasteiger partial charge in [0.25, 0.3) is 5.91 Å². The van der Waals surface area contributed by atoms with Gasteiger partial charge in [0.2, 0.25) is 0 Å². The summed E-state index contributed by atoms with van der Waals surface area (Å²) in [6, 6.07) is 9.72. The van der Waals surface area contributed by atoms with Crippen LogP contribution in [0.15, 0.2) is 48.9 Å². The van der Waals surface area contributed by atoms with E-state index in [2.05, 4.69) is 21.2 Å². The van der Waals surface area contributed by atoms with Crippen LogP contribution in [0.3, 0.4) is 0 Å². The Hall–Kier alpha value is -2.73. The highest BCUT2D eigenvalue weighted by molar-refractivity contribution is 6.05. The standard InChI is InChI=1S/C20H23N5O/c1-23-14-16(13-22-23)15-24-9-4-10-25(12-11-24)20(26)18-7-2-5-17-6-3-8-21-19(17)18/h2-3,5-8,13-14H,4,9-12,15H2,1H3. The number of pyridine rings is 1. The lowest BCUT2D eigenvalue weighted by atomic mass is 10.1. The summed E-state index contributed by atoms with van der Waals surface area (Å²) in [5, 5.41) is 5.24. The first kappa shape index (κ1) is 16.7. The molecule has 2 aromatic heterocycles. The molecule has 1 aromatic carbocycles. The monoisotopic (exact) mass is 349 g/mol. The molecule has 0 unspecified atom stereocenters. The average molecular weight is 349 g/mol. The van der Waals surface area contributed by atoms with Crippen LogP contribution in [0.4, 0.5) is 0 Å². The van der Waals surface area contributed by atoms with Gasteiger partial charge in [-0.15, -0.1) is 0 Å². The fourth-order valence-electron chi connectivity index (χ4n) is 3.59. The fourth-order valence-corrected chi connectivity index (χ4v) is 3.59. The number of fused-ring (bicyclic) bond motifs is 1. The van der Waals surface area contributed by atoms with E-state index in [1.807, 2.05) is 53.2 Å². The molecule has 6 nitrogen and oxygen atoms in total. The molecule has 6 heteroatoms. The first-order chi connectivity index (χ1) is 12.7. The third-order valence-corrected chi connectivity index (χ3v) is 4.90. The van der Waals surface area contributed by atoms with E-state index < -0.39 is 0 Å². The lowest BCUT2D eigenvalue weighted by Crippen LogP contribution is -2.35. The van der Waals surface area contributed by atoms with E-state index in [-0.39, 0.29) is 5.91 Å². The molecule has 4 rings (SSSR count). The maximum atomic E-state index is 13.1. The van der Waals surface area contributed by atoms with E-state index in [4.69, 9.17) is 0 Å². The summed E-state index contributed by atoms with van der Waals surface area (Å²) in [4.78, 5) is 21.9. The Balaban J connectivity index is 1.47. The minimum Gasteiger partial charge on any atom is -0.337 e. The summed E-state index contributed by atoms with van der Waals surface area (Å²) < 4.78 is 1.83. The summed E-state index contributed by atoms with van der Waals surface area (Å²) in [6.07, 6.45) is 6.69. The minimum atomic E-state index is 0.0810. The van der Waals surface area contributed by atoms with Crippen molar-refractivity contribution in [2.45, 2.75) is 13.0 Å². The van der Waals surface area contributed by atoms with Gasteiger partial charge in [-0.25, -0.2) is 0 Å². The van der Waals surface area contributed by atoms with Crippen LogP contribution < -0.4 is 0 Å². The lowest BCUT2D eigenvalue weighted by molar-refractivity contribution is 0.0763. The number of benzene rings is 1. The van der Waals surface area contributed by atoms with Gasteiger partial charge >= 0.3 is 0 Å². The Labute approximate surface area is 153 Å². The SMILES string of the molecule is Cn1cc(CN2CCCN(C(=O)c3cccc4cccnc34)CC2)cn1. The number of nitrogens with zero attached hydrogens (tertiary/aromatic N) is 5. The number of hydrogen-bond acceptors (Lipinski definition) is 4. The van der Waals surface area contributed by atoms with Crippen LogP contribution in [0.5, 0.6) is 0 Å². The molecule has 1 fully saturated rings. The Morgan fingerprint density at radius 2 is 2.00 bits per heavy atom. The Bertz CT molecular complexity index is 914. The van der Waals surface area contributed by atoms with Gasteiger partial charge in [-0.05, 0) is 18.6 Å². The number of para-hydroxylation sites is 1. The molecule has 0 radical (unpaired) electrons. The van der Waals surface area contributed by atoms with Gasteiger partial charge in [0.1, 0.15) is 0 Å². The van der Waals surface area contributed by atoms with E-state index >= 15 is 0 Å². The molecule has 0 bridgehead atoms.